The van der Waals surface area contributed by atoms with Gasteiger partial charge in [-0.3, -0.25) is 0 Å². The van der Waals surface area contributed by atoms with Crippen LogP contribution in [0, 0.1) is 0 Å². The normalized spacial score (nSPS) is 11.3. The van der Waals surface area contributed by atoms with Crippen molar-refractivity contribution in [3.05, 3.63) is 52.3 Å². The number of halogens is 4. The number of carbonyl (C=O) groups is 1. The van der Waals surface area contributed by atoms with E-state index in [0.717, 1.165) is 12.1 Å². The maximum atomic E-state index is 12.5. The molecule has 0 radical (unpaired) electrons. The van der Waals surface area contributed by atoms with E-state index >= 15 is 0 Å². The molecule has 0 aliphatic heterocycles. The number of nitrogens with one attached hydrogen (secondary N) is 1. The molecule has 0 aliphatic carbocycles. The summed E-state index contributed by atoms with van der Waals surface area (Å²) in [5.41, 5.74) is 0.274. The molecule has 1 aromatic heterocycles. The number of methoxy groups -OCH3 is 1. The Morgan fingerprint density at radius 3 is 2.48 bits per heavy atom. The second-order valence-corrected chi connectivity index (χ2v) is 5.55. The zero-order valence-electron chi connectivity index (χ0n) is 12.2. The largest absolute Gasteiger partial charge is 0.464 e. The summed E-state index contributed by atoms with van der Waals surface area (Å²) in [6.45, 7) is 0.896. The highest BCUT2D eigenvalue weighted by molar-refractivity contribution is 9.10. The number of hydrogen-bond acceptors (Lipinski definition) is 3. The van der Waals surface area contributed by atoms with Crippen LogP contribution in [0.15, 0.2) is 41.0 Å². The third-order valence-corrected chi connectivity index (χ3v) is 3.83. The summed E-state index contributed by atoms with van der Waals surface area (Å²) in [7, 11) is 1.30. The first-order valence-corrected chi connectivity index (χ1v) is 7.46. The number of ether oxygens (including phenoxy) is 1. The highest BCUT2D eigenvalue weighted by atomic mass is 79.9. The minimum atomic E-state index is -4.34. The van der Waals surface area contributed by atoms with Crippen LogP contribution in [0.5, 0.6) is 0 Å². The van der Waals surface area contributed by atoms with Crippen molar-refractivity contribution in [3.8, 4) is 0 Å². The molecule has 0 saturated carbocycles. The second-order valence-electron chi connectivity index (χ2n) is 4.70. The Kier molecular flexibility index (Phi) is 5.35. The van der Waals surface area contributed by atoms with Crippen LogP contribution in [0.25, 0.3) is 0 Å². The summed E-state index contributed by atoms with van der Waals surface area (Å²) < 4.78 is 44.5. The smallest absolute Gasteiger partial charge is 0.416 e. The summed E-state index contributed by atoms with van der Waals surface area (Å²) in [6.07, 6.45) is -2.61. The van der Waals surface area contributed by atoms with Gasteiger partial charge in [-0.15, -0.1) is 0 Å². The Morgan fingerprint density at radius 2 is 1.91 bits per heavy atom. The zero-order valence-corrected chi connectivity index (χ0v) is 13.7. The molecule has 124 valence electrons. The van der Waals surface area contributed by atoms with Crippen LogP contribution in [-0.4, -0.2) is 24.2 Å². The number of aromatic nitrogens is 1. The van der Waals surface area contributed by atoms with Crippen LogP contribution in [-0.2, 0) is 17.5 Å². The Labute approximate surface area is 139 Å². The highest BCUT2D eigenvalue weighted by Crippen LogP contribution is 2.29. The van der Waals surface area contributed by atoms with E-state index in [4.69, 9.17) is 4.74 Å². The topological polar surface area (TPSA) is 43.3 Å². The molecule has 0 spiro atoms. The summed E-state index contributed by atoms with van der Waals surface area (Å²) in [5, 5.41) is 3.01. The monoisotopic (exact) mass is 390 g/mol. The van der Waals surface area contributed by atoms with Gasteiger partial charge in [-0.05, 0) is 46.3 Å². The van der Waals surface area contributed by atoms with Crippen LogP contribution in [0.4, 0.5) is 18.9 Å². The second kappa shape index (κ2) is 7.08. The SMILES string of the molecule is COC(=O)c1c(Br)ccn1CCNc1ccc(C(F)(F)F)cc1. The van der Waals surface area contributed by atoms with Gasteiger partial charge in [-0.25, -0.2) is 4.79 Å². The predicted molar refractivity (Wildman–Crippen MR) is 83.4 cm³/mol. The summed E-state index contributed by atoms with van der Waals surface area (Å²) >= 11 is 3.27. The Bertz CT molecular complexity index is 681. The fourth-order valence-corrected chi connectivity index (χ4v) is 2.55. The van der Waals surface area contributed by atoms with Crippen molar-refractivity contribution in [2.24, 2.45) is 0 Å². The molecule has 0 bridgehead atoms. The molecule has 1 aromatic carbocycles. The van der Waals surface area contributed by atoms with Crippen molar-refractivity contribution in [1.82, 2.24) is 4.57 Å². The van der Waals surface area contributed by atoms with Crippen LogP contribution in [0.1, 0.15) is 16.1 Å². The maximum Gasteiger partial charge on any atom is 0.416 e. The lowest BCUT2D eigenvalue weighted by Gasteiger charge is -2.11. The van der Waals surface area contributed by atoms with Gasteiger partial charge in [-0.1, -0.05) is 0 Å². The Hall–Kier alpha value is -1.96. The number of nitrogens with zero attached hydrogens (tertiary/aromatic N) is 1. The Morgan fingerprint density at radius 1 is 1.26 bits per heavy atom. The molecule has 1 N–H and O–H groups in total. The molecule has 23 heavy (non-hydrogen) atoms. The van der Waals surface area contributed by atoms with Gasteiger partial charge >= 0.3 is 12.1 Å². The fraction of sp³-hybridized carbons (Fsp3) is 0.267. The van der Waals surface area contributed by atoms with Gasteiger partial charge in [0.1, 0.15) is 5.69 Å². The molecule has 8 heteroatoms. The van der Waals surface area contributed by atoms with Gasteiger partial charge in [0.05, 0.1) is 17.1 Å². The van der Waals surface area contributed by atoms with Crippen LogP contribution >= 0.6 is 15.9 Å². The number of esters is 1. The molecule has 0 unspecified atom stereocenters. The lowest BCUT2D eigenvalue weighted by atomic mass is 10.2. The minimum absolute atomic E-state index is 0.390. The van der Waals surface area contributed by atoms with Gasteiger partial charge in [0, 0.05) is 25.0 Å². The third-order valence-electron chi connectivity index (χ3n) is 3.19. The lowest BCUT2D eigenvalue weighted by Crippen LogP contribution is -2.16. The molecule has 0 amide bonds. The number of carbonyl (C=O) groups excluding carboxylic acids is 1. The quantitative estimate of drug-likeness (QED) is 0.779. The molecular weight excluding hydrogens is 377 g/mol. The average Bonchev–Trinajstić information content (AvgIpc) is 2.87. The molecule has 0 aliphatic rings. The first kappa shape index (κ1) is 17.4. The molecule has 1 heterocycles. The molecule has 2 rings (SSSR count). The molecular formula is C15H14BrF3N2O2. The van der Waals surface area contributed by atoms with E-state index in [-0.39, 0.29) is 0 Å². The van der Waals surface area contributed by atoms with Gasteiger partial charge < -0.3 is 14.6 Å². The van der Waals surface area contributed by atoms with Crippen molar-refractivity contribution in [1.29, 1.82) is 0 Å². The molecule has 2 aromatic rings. The fourth-order valence-electron chi connectivity index (χ4n) is 2.04. The van der Waals surface area contributed by atoms with Crippen LogP contribution in [0.3, 0.4) is 0 Å². The predicted octanol–water partition coefficient (Wildman–Crippen LogP) is 4.17. The summed E-state index contributed by atoms with van der Waals surface area (Å²) in [4.78, 5) is 11.7. The van der Waals surface area contributed by atoms with Crippen molar-refractivity contribution < 1.29 is 22.7 Å². The first-order valence-electron chi connectivity index (χ1n) is 6.67. The van der Waals surface area contributed by atoms with Crippen LogP contribution < -0.4 is 5.32 Å². The van der Waals surface area contributed by atoms with Gasteiger partial charge in [0.25, 0.3) is 0 Å². The average molecular weight is 391 g/mol. The van der Waals surface area contributed by atoms with Crippen molar-refractivity contribution in [2.75, 3.05) is 19.0 Å². The zero-order chi connectivity index (χ0) is 17.0. The van der Waals surface area contributed by atoms with E-state index in [1.165, 1.54) is 19.2 Å². The van der Waals surface area contributed by atoms with Gasteiger partial charge in [0.2, 0.25) is 0 Å². The number of rotatable bonds is 5. The summed E-state index contributed by atoms with van der Waals surface area (Å²) in [6, 6.07) is 6.51. The number of benzene rings is 1. The lowest BCUT2D eigenvalue weighted by molar-refractivity contribution is -0.137. The van der Waals surface area contributed by atoms with Crippen molar-refractivity contribution in [2.45, 2.75) is 12.7 Å². The maximum absolute atomic E-state index is 12.5. The van der Waals surface area contributed by atoms with E-state index < -0.39 is 17.7 Å². The van der Waals surface area contributed by atoms with Crippen molar-refractivity contribution >= 4 is 27.6 Å². The van der Waals surface area contributed by atoms with Crippen LogP contribution in [0.2, 0.25) is 0 Å². The molecule has 0 saturated heterocycles. The number of hydrogen-bond donors (Lipinski definition) is 1. The number of alkyl halides is 3. The Balaban J connectivity index is 1.97. The highest BCUT2D eigenvalue weighted by Gasteiger charge is 2.29. The standard InChI is InChI=1S/C15H14BrF3N2O2/c1-23-14(22)13-12(16)6-8-21(13)9-7-20-11-4-2-10(3-5-11)15(17,18)19/h2-6,8,20H,7,9H2,1H3. The van der Waals surface area contributed by atoms with Crippen molar-refractivity contribution in [3.63, 3.8) is 0 Å². The van der Waals surface area contributed by atoms with E-state index in [2.05, 4.69) is 21.2 Å². The van der Waals surface area contributed by atoms with E-state index in [9.17, 15) is 18.0 Å². The molecule has 0 fully saturated rings. The summed E-state index contributed by atoms with van der Waals surface area (Å²) in [5.74, 6) is -0.462. The van der Waals surface area contributed by atoms with E-state index in [0.29, 0.717) is 28.9 Å². The first-order chi connectivity index (χ1) is 10.8. The van der Waals surface area contributed by atoms with Gasteiger partial charge in [0.15, 0.2) is 0 Å². The number of anilines is 1. The van der Waals surface area contributed by atoms with E-state index in [1.54, 1.807) is 16.8 Å². The third kappa shape index (κ3) is 4.28. The van der Waals surface area contributed by atoms with E-state index in [1.807, 2.05) is 0 Å². The minimum Gasteiger partial charge on any atom is -0.464 e. The molecule has 4 nitrogen and oxygen atoms in total. The van der Waals surface area contributed by atoms with Gasteiger partial charge in [-0.2, -0.15) is 13.2 Å². The molecule has 0 atom stereocenters.